The van der Waals surface area contributed by atoms with Crippen molar-refractivity contribution in [3.05, 3.63) is 20.8 Å². The maximum absolute atomic E-state index is 6.15. The minimum absolute atomic E-state index is 0.388. The fraction of sp³-hybridized carbons (Fsp3) is 0.692. The van der Waals surface area contributed by atoms with Gasteiger partial charge < -0.3 is 10.1 Å². The summed E-state index contributed by atoms with van der Waals surface area (Å²) in [6.07, 6.45) is 3.87. The SMILES string of the molecule is CCNC(CC1CCCO1)c1cc(C)c(Cl)s1. The van der Waals surface area contributed by atoms with Gasteiger partial charge in [-0.05, 0) is 44.4 Å². The molecule has 1 fully saturated rings. The Morgan fingerprint density at radius 1 is 1.65 bits per heavy atom. The summed E-state index contributed by atoms with van der Waals surface area (Å²) >= 11 is 7.84. The zero-order chi connectivity index (χ0) is 12.3. The van der Waals surface area contributed by atoms with E-state index in [2.05, 4.69) is 25.2 Å². The number of hydrogen-bond donors (Lipinski definition) is 1. The van der Waals surface area contributed by atoms with Crippen LogP contribution in [0.25, 0.3) is 0 Å². The van der Waals surface area contributed by atoms with Crippen LogP contribution in [0.2, 0.25) is 4.34 Å². The highest BCUT2D eigenvalue weighted by Crippen LogP contribution is 2.34. The van der Waals surface area contributed by atoms with E-state index in [1.54, 1.807) is 11.3 Å². The molecular formula is C13H20ClNOS. The van der Waals surface area contributed by atoms with E-state index in [0.29, 0.717) is 12.1 Å². The monoisotopic (exact) mass is 273 g/mol. The molecule has 2 atom stereocenters. The molecule has 96 valence electrons. The molecule has 2 nitrogen and oxygen atoms in total. The van der Waals surface area contributed by atoms with Gasteiger partial charge in [-0.15, -0.1) is 11.3 Å². The van der Waals surface area contributed by atoms with Crippen molar-refractivity contribution in [2.45, 2.75) is 45.3 Å². The number of ether oxygens (including phenoxy) is 1. The van der Waals surface area contributed by atoms with Gasteiger partial charge in [0.2, 0.25) is 0 Å². The lowest BCUT2D eigenvalue weighted by Gasteiger charge is -2.20. The highest BCUT2D eigenvalue weighted by molar-refractivity contribution is 7.16. The Kier molecular flexibility index (Phi) is 4.86. The second kappa shape index (κ2) is 6.19. The highest BCUT2D eigenvalue weighted by atomic mass is 35.5. The molecule has 17 heavy (non-hydrogen) atoms. The van der Waals surface area contributed by atoms with Crippen LogP contribution in [0.1, 0.15) is 42.7 Å². The van der Waals surface area contributed by atoms with Gasteiger partial charge in [0.15, 0.2) is 0 Å². The number of aryl methyl sites for hydroxylation is 1. The lowest BCUT2D eigenvalue weighted by molar-refractivity contribution is 0.0951. The van der Waals surface area contributed by atoms with Crippen molar-refractivity contribution in [1.29, 1.82) is 0 Å². The fourth-order valence-electron chi connectivity index (χ4n) is 2.29. The highest BCUT2D eigenvalue weighted by Gasteiger charge is 2.22. The van der Waals surface area contributed by atoms with Gasteiger partial charge in [-0.1, -0.05) is 18.5 Å². The molecule has 1 N–H and O–H groups in total. The van der Waals surface area contributed by atoms with E-state index < -0.39 is 0 Å². The number of rotatable bonds is 5. The van der Waals surface area contributed by atoms with E-state index in [4.69, 9.17) is 16.3 Å². The zero-order valence-corrected chi connectivity index (χ0v) is 12.0. The molecule has 4 heteroatoms. The Morgan fingerprint density at radius 2 is 2.47 bits per heavy atom. The summed E-state index contributed by atoms with van der Waals surface area (Å²) in [5.41, 5.74) is 1.18. The van der Waals surface area contributed by atoms with Gasteiger partial charge >= 0.3 is 0 Å². The molecule has 0 aliphatic carbocycles. The van der Waals surface area contributed by atoms with E-state index in [0.717, 1.165) is 23.9 Å². The second-order valence-electron chi connectivity index (χ2n) is 4.59. The molecule has 1 aliphatic heterocycles. The Labute approximate surface area is 112 Å². The lowest BCUT2D eigenvalue weighted by atomic mass is 10.0. The lowest BCUT2D eigenvalue weighted by Crippen LogP contribution is -2.24. The third-order valence-electron chi connectivity index (χ3n) is 3.19. The van der Waals surface area contributed by atoms with Gasteiger partial charge in [0.25, 0.3) is 0 Å². The van der Waals surface area contributed by atoms with Gasteiger partial charge in [-0.2, -0.15) is 0 Å². The van der Waals surface area contributed by atoms with Crippen molar-refractivity contribution in [2.75, 3.05) is 13.2 Å². The fourth-order valence-corrected chi connectivity index (χ4v) is 3.60. The van der Waals surface area contributed by atoms with Crippen LogP contribution in [0.5, 0.6) is 0 Å². The van der Waals surface area contributed by atoms with Crippen LogP contribution in [-0.4, -0.2) is 19.3 Å². The number of hydrogen-bond acceptors (Lipinski definition) is 3. The molecule has 0 amide bonds. The van der Waals surface area contributed by atoms with Crippen molar-refractivity contribution in [3.63, 3.8) is 0 Å². The van der Waals surface area contributed by atoms with Crippen molar-refractivity contribution in [2.24, 2.45) is 0 Å². The molecule has 0 aromatic carbocycles. The van der Waals surface area contributed by atoms with Crippen molar-refractivity contribution >= 4 is 22.9 Å². The van der Waals surface area contributed by atoms with Gasteiger partial charge in [0.05, 0.1) is 10.4 Å². The van der Waals surface area contributed by atoms with Crippen LogP contribution >= 0.6 is 22.9 Å². The summed E-state index contributed by atoms with van der Waals surface area (Å²) in [5.74, 6) is 0. The average molecular weight is 274 g/mol. The van der Waals surface area contributed by atoms with Crippen LogP contribution in [0.15, 0.2) is 6.07 Å². The minimum atomic E-state index is 0.388. The second-order valence-corrected chi connectivity index (χ2v) is 6.27. The molecule has 2 heterocycles. The predicted octanol–water partition coefficient (Wildman–Crippen LogP) is 3.93. The maximum Gasteiger partial charge on any atom is 0.0960 e. The minimum Gasteiger partial charge on any atom is -0.378 e. The average Bonchev–Trinajstić information content (AvgIpc) is 2.90. The van der Waals surface area contributed by atoms with Crippen LogP contribution in [0.4, 0.5) is 0 Å². The van der Waals surface area contributed by atoms with Crippen LogP contribution in [0.3, 0.4) is 0 Å². The Balaban J connectivity index is 2.04. The molecule has 1 aromatic heterocycles. The first kappa shape index (κ1) is 13.3. The van der Waals surface area contributed by atoms with E-state index in [1.165, 1.54) is 23.3 Å². The largest absolute Gasteiger partial charge is 0.378 e. The van der Waals surface area contributed by atoms with Crippen LogP contribution in [0, 0.1) is 6.92 Å². The molecule has 0 spiro atoms. The predicted molar refractivity (Wildman–Crippen MR) is 74.1 cm³/mol. The summed E-state index contributed by atoms with van der Waals surface area (Å²) in [7, 11) is 0. The first-order valence-electron chi connectivity index (χ1n) is 6.31. The van der Waals surface area contributed by atoms with Gasteiger partial charge in [-0.25, -0.2) is 0 Å². The molecule has 2 rings (SSSR count). The number of thiophene rings is 1. The molecule has 2 unspecified atom stereocenters. The van der Waals surface area contributed by atoms with Gasteiger partial charge in [-0.3, -0.25) is 0 Å². The summed E-state index contributed by atoms with van der Waals surface area (Å²) in [6, 6.07) is 2.59. The molecule has 1 aliphatic rings. The molecule has 1 saturated heterocycles. The third kappa shape index (κ3) is 3.44. The molecular weight excluding hydrogens is 254 g/mol. The first-order chi connectivity index (χ1) is 8.20. The van der Waals surface area contributed by atoms with Gasteiger partial charge in [0.1, 0.15) is 0 Å². The van der Waals surface area contributed by atoms with E-state index >= 15 is 0 Å². The molecule has 1 aromatic rings. The van der Waals surface area contributed by atoms with E-state index in [1.807, 2.05) is 0 Å². The van der Waals surface area contributed by atoms with Crippen molar-refractivity contribution in [1.82, 2.24) is 5.32 Å². The Morgan fingerprint density at radius 3 is 3.00 bits per heavy atom. The Hall–Kier alpha value is -0.0900. The van der Waals surface area contributed by atoms with Crippen molar-refractivity contribution in [3.8, 4) is 0 Å². The molecule has 0 saturated carbocycles. The summed E-state index contributed by atoms with van der Waals surface area (Å²) in [5, 5.41) is 3.54. The van der Waals surface area contributed by atoms with E-state index in [-0.39, 0.29) is 0 Å². The maximum atomic E-state index is 6.15. The molecule has 0 bridgehead atoms. The topological polar surface area (TPSA) is 21.3 Å². The molecule has 0 radical (unpaired) electrons. The number of halogens is 1. The zero-order valence-electron chi connectivity index (χ0n) is 10.5. The smallest absolute Gasteiger partial charge is 0.0960 e. The van der Waals surface area contributed by atoms with Crippen LogP contribution in [-0.2, 0) is 4.74 Å². The standard InChI is InChI=1S/C13H20ClNOS/c1-3-15-11(8-10-5-4-6-16-10)12-7-9(2)13(14)17-12/h7,10-11,15H,3-6,8H2,1-2H3. The normalized spacial score (nSPS) is 21.9. The first-order valence-corrected chi connectivity index (χ1v) is 7.51. The number of nitrogens with one attached hydrogen (secondary N) is 1. The third-order valence-corrected chi connectivity index (χ3v) is 4.86. The quantitative estimate of drug-likeness (QED) is 0.878. The summed E-state index contributed by atoms with van der Waals surface area (Å²) < 4.78 is 6.63. The van der Waals surface area contributed by atoms with Crippen LogP contribution < -0.4 is 5.32 Å². The van der Waals surface area contributed by atoms with E-state index in [9.17, 15) is 0 Å². The van der Waals surface area contributed by atoms with Crippen molar-refractivity contribution < 1.29 is 4.74 Å². The Bertz CT molecular complexity index is 341. The van der Waals surface area contributed by atoms with Gasteiger partial charge in [0, 0.05) is 17.5 Å². The summed E-state index contributed by atoms with van der Waals surface area (Å²) in [6.45, 7) is 6.11. The summed E-state index contributed by atoms with van der Waals surface area (Å²) in [4.78, 5) is 1.34.